The maximum atomic E-state index is 11.6. The van der Waals surface area contributed by atoms with Crippen molar-refractivity contribution in [3.63, 3.8) is 0 Å². The maximum Gasteiger partial charge on any atom is 0.188 e. The normalized spacial score (nSPS) is 10.5. The van der Waals surface area contributed by atoms with Crippen molar-refractivity contribution in [2.24, 2.45) is 0 Å². The van der Waals surface area contributed by atoms with Crippen molar-refractivity contribution < 1.29 is 9.53 Å². The van der Waals surface area contributed by atoms with Crippen molar-refractivity contribution in [1.29, 1.82) is 0 Å². The Morgan fingerprint density at radius 3 is 2.47 bits per heavy atom. The highest BCUT2D eigenvalue weighted by Crippen LogP contribution is 2.06. The predicted octanol–water partition coefficient (Wildman–Crippen LogP) is 2.98. The molecular weight excluding hydrogens is 188 g/mol. The predicted molar refractivity (Wildman–Crippen MR) is 60.9 cm³/mol. The van der Waals surface area contributed by atoms with E-state index in [2.05, 4.69) is 6.92 Å². The molecule has 0 aliphatic carbocycles. The molecule has 0 saturated heterocycles. The zero-order chi connectivity index (χ0) is 11.1. The summed E-state index contributed by atoms with van der Waals surface area (Å²) in [6, 6.07) is 7.64. The van der Waals surface area contributed by atoms with Crippen LogP contribution in [0.3, 0.4) is 0 Å². The molecule has 2 heteroatoms. The van der Waals surface area contributed by atoms with Crippen molar-refractivity contribution in [2.45, 2.75) is 20.3 Å². The standard InChI is InChI=1S/C13H16O2/c1-3-11-5-7-12(8-6-11)13(14)9-10-15-4-2/h5-10H,3-4H2,1-2H3. The van der Waals surface area contributed by atoms with E-state index in [-0.39, 0.29) is 5.78 Å². The molecule has 15 heavy (non-hydrogen) atoms. The number of ketones is 1. The fourth-order valence-corrected chi connectivity index (χ4v) is 1.21. The highest BCUT2D eigenvalue weighted by molar-refractivity contribution is 6.04. The molecule has 0 saturated carbocycles. The van der Waals surface area contributed by atoms with E-state index in [1.807, 2.05) is 31.2 Å². The summed E-state index contributed by atoms with van der Waals surface area (Å²) in [5.41, 5.74) is 1.93. The third kappa shape index (κ3) is 3.58. The van der Waals surface area contributed by atoms with Gasteiger partial charge in [0.1, 0.15) is 0 Å². The zero-order valence-electron chi connectivity index (χ0n) is 9.19. The first-order chi connectivity index (χ1) is 7.27. The third-order valence-electron chi connectivity index (χ3n) is 2.13. The Balaban J connectivity index is 2.66. The van der Waals surface area contributed by atoms with E-state index in [9.17, 15) is 4.79 Å². The number of rotatable bonds is 5. The summed E-state index contributed by atoms with van der Waals surface area (Å²) in [6.45, 7) is 4.55. The lowest BCUT2D eigenvalue weighted by molar-refractivity contribution is 0.104. The van der Waals surface area contributed by atoms with E-state index in [0.29, 0.717) is 12.2 Å². The lowest BCUT2D eigenvalue weighted by Gasteiger charge is -1.98. The molecule has 2 nitrogen and oxygen atoms in total. The average Bonchev–Trinajstić information content (AvgIpc) is 2.29. The molecule has 0 spiro atoms. The van der Waals surface area contributed by atoms with Gasteiger partial charge in [-0.25, -0.2) is 0 Å². The number of carbonyl (C=O) groups is 1. The molecule has 0 N–H and O–H groups in total. The van der Waals surface area contributed by atoms with Crippen LogP contribution < -0.4 is 0 Å². The first-order valence-electron chi connectivity index (χ1n) is 5.19. The van der Waals surface area contributed by atoms with Crippen LogP contribution in [0.2, 0.25) is 0 Å². The molecule has 1 rings (SSSR count). The van der Waals surface area contributed by atoms with Gasteiger partial charge in [0.15, 0.2) is 5.78 Å². The molecule has 0 aliphatic rings. The van der Waals surface area contributed by atoms with Crippen LogP contribution in [0.15, 0.2) is 36.6 Å². The molecule has 0 amide bonds. The lowest BCUT2D eigenvalue weighted by Crippen LogP contribution is -1.95. The summed E-state index contributed by atoms with van der Waals surface area (Å²) in [6.07, 6.45) is 3.88. The van der Waals surface area contributed by atoms with Gasteiger partial charge < -0.3 is 4.74 Å². The number of benzene rings is 1. The van der Waals surface area contributed by atoms with Gasteiger partial charge in [-0.15, -0.1) is 0 Å². The number of aryl methyl sites for hydroxylation is 1. The molecule has 0 unspecified atom stereocenters. The Kier molecular flexibility index (Phi) is 4.61. The second kappa shape index (κ2) is 6.02. The van der Waals surface area contributed by atoms with Gasteiger partial charge in [0.05, 0.1) is 12.9 Å². The van der Waals surface area contributed by atoms with Crippen LogP contribution >= 0.6 is 0 Å². The van der Waals surface area contributed by atoms with Crippen molar-refractivity contribution in [3.8, 4) is 0 Å². The zero-order valence-corrected chi connectivity index (χ0v) is 9.19. The van der Waals surface area contributed by atoms with E-state index in [1.165, 1.54) is 17.9 Å². The highest BCUT2D eigenvalue weighted by Gasteiger charge is 2.00. The number of hydrogen-bond acceptors (Lipinski definition) is 2. The second-order valence-corrected chi connectivity index (χ2v) is 3.17. The van der Waals surface area contributed by atoms with Crippen LogP contribution in [0, 0.1) is 0 Å². The minimum absolute atomic E-state index is 0.0221. The molecule has 0 heterocycles. The molecule has 0 radical (unpaired) electrons. The van der Waals surface area contributed by atoms with Gasteiger partial charge in [-0.3, -0.25) is 4.79 Å². The molecule has 0 fully saturated rings. The Hall–Kier alpha value is -1.57. The molecule has 0 atom stereocenters. The fraction of sp³-hybridized carbons (Fsp3) is 0.308. The minimum atomic E-state index is -0.0221. The number of ether oxygens (including phenoxy) is 1. The van der Waals surface area contributed by atoms with E-state index in [1.54, 1.807) is 0 Å². The summed E-state index contributed by atoms with van der Waals surface area (Å²) in [4.78, 5) is 11.6. The van der Waals surface area contributed by atoms with Crippen LogP contribution in [-0.4, -0.2) is 12.4 Å². The Bertz CT molecular complexity index is 336. The molecule has 1 aromatic rings. The summed E-state index contributed by atoms with van der Waals surface area (Å²) < 4.78 is 4.97. The van der Waals surface area contributed by atoms with Crippen LogP contribution in [-0.2, 0) is 11.2 Å². The smallest absolute Gasteiger partial charge is 0.188 e. The SMILES string of the molecule is CCOC=CC(=O)c1ccc(CC)cc1. The average molecular weight is 204 g/mol. The first kappa shape index (κ1) is 11.5. The molecule has 1 aromatic carbocycles. The largest absolute Gasteiger partial charge is 0.501 e. The van der Waals surface area contributed by atoms with Gasteiger partial charge >= 0.3 is 0 Å². The molecule has 0 aromatic heterocycles. The lowest BCUT2D eigenvalue weighted by atomic mass is 10.1. The number of hydrogen-bond donors (Lipinski definition) is 0. The van der Waals surface area contributed by atoms with Crippen LogP contribution in [0.5, 0.6) is 0 Å². The topological polar surface area (TPSA) is 26.3 Å². The van der Waals surface area contributed by atoms with Crippen molar-refractivity contribution >= 4 is 5.78 Å². The maximum absolute atomic E-state index is 11.6. The molecule has 80 valence electrons. The summed E-state index contributed by atoms with van der Waals surface area (Å²) in [5.74, 6) is -0.0221. The van der Waals surface area contributed by atoms with Gasteiger partial charge in [0.2, 0.25) is 0 Å². The summed E-state index contributed by atoms with van der Waals surface area (Å²) >= 11 is 0. The number of allylic oxidation sites excluding steroid dienone is 1. The quantitative estimate of drug-likeness (QED) is 0.418. The van der Waals surface area contributed by atoms with Crippen molar-refractivity contribution in [2.75, 3.05) is 6.61 Å². The van der Waals surface area contributed by atoms with Gasteiger partial charge in [0.25, 0.3) is 0 Å². The van der Waals surface area contributed by atoms with Crippen molar-refractivity contribution in [1.82, 2.24) is 0 Å². The fourth-order valence-electron chi connectivity index (χ4n) is 1.21. The molecular formula is C13H16O2. The van der Waals surface area contributed by atoms with Gasteiger partial charge in [-0.1, -0.05) is 31.2 Å². The van der Waals surface area contributed by atoms with E-state index in [4.69, 9.17) is 4.74 Å². The Labute approximate surface area is 90.6 Å². The van der Waals surface area contributed by atoms with Crippen LogP contribution in [0.25, 0.3) is 0 Å². The first-order valence-corrected chi connectivity index (χ1v) is 5.19. The molecule has 0 aliphatic heterocycles. The van der Waals surface area contributed by atoms with E-state index < -0.39 is 0 Å². The Morgan fingerprint density at radius 1 is 1.27 bits per heavy atom. The number of carbonyl (C=O) groups excluding carboxylic acids is 1. The van der Waals surface area contributed by atoms with Gasteiger partial charge in [-0.05, 0) is 18.9 Å². The van der Waals surface area contributed by atoms with Crippen LogP contribution in [0.4, 0.5) is 0 Å². The second-order valence-electron chi connectivity index (χ2n) is 3.17. The third-order valence-corrected chi connectivity index (χ3v) is 2.13. The van der Waals surface area contributed by atoms with Gasteiger partial charge in [0, 0.05) is 11.6 Å². The van der Waals surface area contributed by atoms with Crippen molar-refractivity contribution in [3.05, 3.63) is 47.7 Å². The highest BCUT2D eigenvalue weighted by atomic mass is 16.5. The molecule has 0 bridgehead atoms. The minimum Gasteiger partial charge on any atom is -0.501 e. The monoisotopic (exact) mass is 204 g/mol. The summed E-state index contributed by atoms with van der Waals surface area (Å²) in [7, 11) is 0. The van der Waals surface area contributed by atoms with E-state index in [0.717, 1.165) is 6.42 Å². The van der Waals surface area contributed by atoms with Gasteiger partial charge in [-0.2, -0.15) is 0 Å². The van der Waals surface area contributed by atoms with Crippen LogP contribution in [0.1, 0.15) is 29.8 Å². The Morgan fingerprint density at radius 2 is 1.93 bits per heavy atom. The summed E-state index contributed by atoms with van der Waals surface area (Å²) in [5, 5.41) is 0. The van der Waals surface area contributed by atoms with E-state index >= 15 is 0 Å².